The van der Waals surface area contributed by atoms with Crippen molar-refractivity contribution in [2.24, 2.45) is 0 Å². The molecule has 3 aromatic rings. The molecule has 0 saturated carbocycles. The molecule has 3 nitrogen and oxygen atoms in total. The number of anilines is 1. The fourth-order valence-corrected chi connectivity index (χ4v) is 2.72. The van der Waals surface area contributed by atoms with Crippen molar-refractivity contribution in [3.63, 3.8) is 0 Å². The van der Waals surface area contributed by atoms with Crippen LogP contribution < -0.4 is 5.73 Å². The molecule has 116 valence electrons. The Bertz CT molecular complexity index is 706. The summed E-state index contributed by atoms with van der Waals surface area (Å²) >= 11 is 0. The minimum absolute atomic E-state index is 0.112. The molecule has 0 aliphatic carbocycles. The summed E-state index contributed by atoms with van der Waals surface area (Å²) in [4.78, 5) is 9.25. The van der Waals surface area contributed by atoms with E-state index < -0.39 is 0 Å². The molecule has 0 aliphatic rings. The number of aromatic nitrogens is 2. The summed E-state index contributed by atoms with van der Waals surface area (Å²) in [5.74, 6) is 1.59. The Morgan fingerprint density at radius 3 is 1.83 bits per heavy atom. The van der Waals surface area contributed by atoms with Crippen molar-refractivity contribution in [1.29, 1.82) is 0 Å². The average Bonchev–Trinajstić information content (AvgIpc) is 2.61. The fourth-order valence-electron chi connectivity index (χ4n) is 2.72. The van der Waals surface area contributed by atoms with Gasteiger partial charge < -0.3 is 5.73 Å². The predicted octanol–water partition coefficient (Wildman–Crippen LogP) is 4.36. The second-order valence-corrected chi connectivity index (χ2v) is 5.84. The largest absolute Gasteiger partial charge is 0.384 e. The van der Waals surface area contributed by atoms with Gasteiger partial charge in [0.1, 0.15) is 11.6 Å². The van der Waals surface area contributed by atoms with Crippen molar-refractivity contribution < 1.29 is 0 Å². The fraction of sp³-hybridized carbons (Fsp3) is 0.200. The maximum Gasteiger partial charge on any atom is 0.138 e. The molecule has 3 heteroatoms. The Morgan fingerprint density at radius 2 is 1.26 bits per heavy atom. The van der Waals surface area contributed by atoms with Crippen LogP contribution in [0.4, 0.5) is 5.82 Å². The van der Waals surface area contributed by atoms with Crippen LogP contribution in [0.15, 0.2) is 66.7 Å². The first-order valence-corrected chi connectivity index (χ1v) is 7.89. The minimum atomic E-state index is 0.112. The molecular formula is C20H21N3. The van der Waals surface area contributed by atoms with Crippen LogP contribution in [0, 0.1) is 0 Å². The number of rotatable bonds is 4. The van der Waals surface area contributed by atoms with E-state index in [1.54, 1.807) is 0 Å². The number of nitrogens with zero attached hydrogens (tertiary/aromatic N) is 2. The lowest BCUT2D eigenvalue weighted by molar-refractivity contribution is 0.772. The van der Waals surface area contributed by atoms with Crippen molar-refractivity contribution in [3.05, 3.63) is 89.4 Å². The molecule has 2 N–H and O–H groups in total. The van der Waals surface area contributed by atoms with Gasteiger partial charge in [-0.05, 0) is 11.1 Å². The quantitative estimate of drug-likeness (QED) is 0.779. The van der Waals surface area contributed by atoms with E-state index in [0.717, 1.165) is 11.5 Å². The van der Waals surface area contributed by atoms with E-state index in [2.05, 4.69) is 43.1 Å². The third-order valence-corrected chi connectivity index (χ3v) is 4.21. The monoisotopic (exact) mass is 303 g/mol. The van der Waals surface area contributed by atoms with Crippen LogP contribution in [-0.4, -0.2) is 9.97 Å². The number of nitrogen functional groups attached to an aromatic ring is 1. The summed E-state index contributed by atoms with van der Waals surface area (Å²) in [6, 6.07) is 22.5. The second-order valence-electron chi connectivity index (χ2n) is 5.84. The Labute approximate surface area is 137 Å². The molecule has 1 aromatic heterocycles. The summed E-state index contributed by atoms with van der Waals surface area (Å²) in [6.45, 7) is 4.26. The summed E-state index contributed by atoms with van der Waals surface area (Å²) in [7, 11) is 0. The third-order valence-electron chi connectivity index (χ3n) is 4.21. The molecule has 2 aromatic carbocycles. The van der Waals surface area contributed by atoms with Crippen LogP contribution in [0.2, 0.25) is 0 Å². The SMILES string of the molecule is CC(c1ccccc1)c1cc(N)nc(C(C)c2ccccc2)n1. The standard InChI is InChI=1S/C20H21N3/c1-14(16-9-5-3-6-10-16)18-13-19(21)23-20(22-18)15(2)17-11-7-4-8-12-17/h3-15H,1-2H3,(H2,21,22,23). The lowest BCUT2D eigenvalue weighted by Crippen LogP contribution is -2.09. The number of hydrogen-bond donors (Lipinski definition) is 1. The molecule has 0 saturated heterocycles. The first-order valence-electron chi connectivity index (χ1n) is 7.89. The van der Waals surface area contributed by atoms with Crippen molar-refractivity contribution >= 4 is 5.82 Å². The van der Waals surface area contributed by atoms with Gasteiger partial charge in [0.15, 0.2) is 0 Å². The van der Waals surface area contributed by atoms with Crippen LogP contribution in [0.1, 0.15) is 48.3 Å². The molecule has 0 fully saturated rings. The molecular weight excluding hydrogens is 282 g/mol. The van der Waals surface area contributed by atoms with Crippen LogP contribution in [0.5, 0.6) is 0 Å². The highest BCUT2D eigenvalue weighted by atomic mass is 15.0. The maximum absolute atomic E-state index is 6.04. The first kappa shape index (κ1) is 15.2. The summed E-state index contributed by atoms with van der Waals surface area (Å²) < 4.78 is 0. The lowest BCUT2D eigenvalue weighted by atomic mass is 9.96. The van der Waals surface area contributed by atoms with Crippen LogP contribution >= 0.6 is 0 Å². The van der Waals surface area contributed by atoms with Gasteiger partial charge in [-0.25, -0.2) is 9.97 Å². The smallest absolute Gasteiger partial charge is 0.138 e. The van der Waals surface area contributed by atoms with E-state index in [0.29, 0.717) is 5.82 Å². The minimum Gasteiger partial charge on any atom is -0.384 e. The summed E-state index contributed by atoms with van der Waals surface area (Å²) in [6.07, 6.45) is 0. The zero-order valence-corrected chi connectivity index (χ0v) is 13.5. The Hall–Kier alpha value is -2.68. The van der Waals surface area contributed by atoms with Gasteiger partial charge in [0, 0.05) is 17.9 Å². The molecule has 0 radical (unpaired) electrons. The van der Waals surface area contributed by atoms with E-state index >= 15 is 0 Å². The van der Waals surface area contributed by atoms with E-state index in [1.165, 1.54) is 11.1 Å². The number of nitrogens with two attached hydrogens (primary N) is 1. The van der Waals surface area contributed by atoms with E-state index in [4.69, 9.17) is 10.7 Å². The molecule has 0 amide bonds. The van der Waals surface area contributed by atoms with Gasteiger partial charge in [0.25, 0.3) is 0 Å². The zero-order chi connectivity index (χ0) is 16.2. The topological polar surface area (TPSA) is 51.8 Å². The molecule has 2 atom stereocenters. The highest BCUT2D eigenvalue weighted by Crippen LogP contribution is 2.27. The van der Waals surface area contributed by atoms with Crippen molar-refractivity contribution in [3.8, 4) is 0 Å². The molecule has 0 spiro atoms. The molecule has 1 heterocycles. The molecule has 23 heavy (non-hydrogen) atoms. The predicted molar refractivity (Wildman–Crippen MR) is 94.4 cm³/mol. The first-order chi connectivity index (χ1) is 11.1. The van der Waals surface area contributed by atoms with Gasteiger partial charge >= 0.3 is 0 Å². The van der Waals surface area contributed by atoms with Crippen LogP contribution in [0.25, 0.3) is 0 Å². The average molecular weight is 303 g/mol. The van der Waals surface area contributed by atoms with Gasteiger partial charge in [-0.3, -0.25) is 0 Å². The van der Waals surface area contributed by atoms with Gasteiger partial charge in [-0.15, -0.1) is 0 Å². The normalized spacial score (nSPS) is 13.5. The number of hydrogen-bond acceptors (Lipinski definition) is 3. The third kappa shape index (κ3) is 3.39. The molecule has 2 unspecified atom stereocenters. The molecule has 3 rings (SSSR count). The molecule has 0 bridgehead atoms. The van der Waals surface area contributed by atoms with Crippen molar-refractivity contribution in [2.45, 2.75) is 25.7 Å². The van der Waals surface area contributed by atoms with E-state index in [9.17, 15) is 0 Å². The van der Waals surface area contributed by atoms with E-state index in [1.807, 2.05) is 42.5 Å². The van der Waals surface area contributed by atoms with Crippen molar-refractivity contribution in [1.82, 2.24) is 9.97 Å². The second kappa shape index (κ2) is 6.61. The Morgan fingerprint density at radius 1 is 0.739 bits per heavy atom. The summed E-state index contributed by atoms with van der Waals surface area (Å²) in [5, 5.41) is 0. The Kier molecular flexibility index (Phi) is 4.38. The van der Waals surface area contributed by atoms with Gasteiger partial charge in [-0.2, -0.15) is 0 Å². The lowest BCUT2D eigenvalue weighted by Gasteiger charge is -2.16. The zero-order valence-electron chi connectivity index (χ0n) is 13.5. The highest BCUT2D eigenvalue weighted by Gasteiger charge is 2.16. The van der Waals surface area contributed by atoms with Crippen molar-refractivity contribution in [2.75, 3.05) is 5.73 Å². The summed E-state index contributed by atoms with van der Waals surface area (Å²) in [5.41, 5.74) is 9.42. The van der Waals surface area contributed by atoms with Crippen LogP contribution in [0.3, 0.4) is 0 Å². The number of benzene rings is 2. The maximum atomic E-state index is 6.04. The van der Waals surface area contributed by atoms with Crippen LogP contribution in [-0.2, 0) is 0 Å². The van der Waals surface area contributed by atoms with Gasteiger partial charge in [0.2, 0.25) is 0 Å². The molecule has 0 aliphatic heterocycles. The highest BCUT2D eigenvalue weighted by molar-refractivity contribution is 5.37. The van der Waals surface area contributed by atoms with E-state index in [-0.39, 0.29) is 11.8 Å². The van der Waals surface area contributed by atoms with Gasteiger partial charge in [-0.1, -0.05) is 74.5 Å². The van der Waals surface area contributed by atoms with Gasteiger partial charge in [0.05, 0.1) is 5.69 Å². The Balaban J connectivity index is 1.96.